The summed E-state index contributed by atoms with van der Waals surface area (Å²) in [5.41, 5.74) is 2.08. The van der Waals surface area contributed by atoms with Gasteiger partial charge >= 0.3 is 5.97 Å². The lowest BCUT2D eigenvalue weighted by molar-refractivity contribution is -0.132. The van der Waals surface area contributed by atoms with Crippen LogP contribution in [0.5, 0.6) is 0 Å². The van der Waals surface area contributed by atoms with E-state index in [4.69, 9.17) is 10.4 Å². The fourth-order valence-corrected chi connectivity index (χ4v) is 2.75. The Morgan fingerprint density at radius 2 is 2.10 bits per heavy atom. The molecule has 0 aliphatic carbocycles. The number of carboxylic acids is 1. The number of thiophene rings is 1. The van der Waals surface area contributed by atoms with Gasteiger partial charge in [-0.15, -0.1) is 11.3 Å². The number of hydrogen-bond donors (Lipinski definition) is 2. The molecule has 0 bridgehead atoms. The molecule has 106 valence electrons. The van der Waals surface area contributed by atoms with Crippen molar-refractivity contribution in [2.75, 3.05) is 5.32 Å². The van der Waals surface area contributed by atoms with Gasteiger partial charge in [0.05, 0.1) is 0 Å². The number of aliphatic carboxylic acids is 1. The lowest BCUT2D eigenvalue weighted by Crippen LogP contribution is -2.08. The molecule has 4 nitrogen and oxygen atoms in total. The Bertz CT molecular complexity index is 711. The molecule has 2 N–H and O–H groups in total. The van der Waals surface area contributed by atoms with Crippen molar-refractivity contribution in [3.05, 3.63) is 53.0 Å². The molecular weight excluding hydrogens is 284 g/mol. The van der Waals surface area contributed by atoms with Crippen molar-refractivity contribution in [2.45, 2.75) is 13.3 Å². The van der Waals surface area contributed by atoms with E-state index in [2.05, 4.69) is 5.32 Å². The Morgan fingerprint density at radius 1 is 1.38 bits per heavy atom. The number of nitrogens with zero attached hydrogens (tertiary/aromatic N) is 1. The molecule has 1 aromatic carbocycles. The molecule has 0 amide bonds. The smallest absolute Gasteiger partial charge is 0.348 e. The van der Waals surface area contributed by atoms with Gasteiger partial charge in [-0.25, -0.2) is 4.79 Å². The summed E-state index contributed by atoms with van der Waals surface area (Å²) >= 11 is 1.57. The summed E-state index contributed by atoms with van der Waals surface area (Å²) in [6, 6.07) is 13.6. The van der Waals surface area contributed by atoms with Crippen molar-refractivity contribution in [1.29, 1.82) is 5.26 Å². The first-order valence-corrected chi connectivity index (χ1v) is 7.31. The van der Waals surface area contributed by atoms with E-state index in [1.807, 2.05) is 48.7 Å². The Kier molecular flexibility index (Phi) is 4.75. The van der Waals surface area contributed by atoms with Crippen molar-refractivity contribution in [3.8, 4) is 16.5 Å². The molecular formula is C16H14N2O2S. The first-order valence-electron chi connectivity index (χ1n) is 6.43. The normalized spacial score (nSPS) is 11.4. The van der Waals surface area contributed by atoms with Gasteiger partial charge in [-0.3, -0.25) is 0 Å². The number of carboxylic acid groups (broad SMARTS) is 1. The van der Waals surface area contributed by atoms with Crippen molar-refractivity contribution in [2.24, 2.45) is 0 Å². The van der Waals surface area contributed by atoms with Crippen molar-refractivity contribution in [3.63, 3.8) is 0 Å². The molecule has 2 aromatic rings. The molecule has 0 radical (unpaired) electrons. The highest BCUT2D eigenvalue weighted by molar-refractivity contribution is 7.14. The largest absolute Gasteiger partial charge is 0.477 e. The zero-order chi connectivity index (χ0) is 15.2. The van der Waals surface area contributed by atoms with Crippen molar-refractivity contribution >= 4 is 23.0 Å². The number of rotatable bonds is 5. The molecule has 0 saturated heterocycles. The summed E-state index contributed by atoms with van der Waals surface area (Å²) in [6.07, 6.45) is 0.450. The number of anilines is 1. The van der Waals surface area contributed by atoms with E-state index in [-0.39, 0.29) is 5.57 Å². The number of benzene rings is 1. The molecule has 0 aliphatic heterocycles. The van der Waals surface area contributed by atoms with Gasteiger partial charge in [0.1, 0.15) is 6.07 Å². The van der Waals surface area contributed by atoms with Gasteiger partial charge in [-0.05, 0) is 18.1 Å². The number of nitriles is 1. The fourth-order valence-electron chi connectivity index (χ4n) is 1.90. The van der Waals surface area contributed by atoms with Crippen LogP contribution in [-0.2, 0) is 4.79 Å². The van der Waals surface area contributed by atoms with Crippen LogP contribution in [0.2, 0.25) is 0 Å². The van der Waals surface area contributed by atoms with Crippen molar-refractivity contribution in [1.82, 2.24) is 0 Å². The minimum Gasteiger partial charge on any atom is -0.477 e. The van der Waals surface area contributed by atoms with Gasteiger partial charge in [0.2, 0.25) is 0 Å². The van der Waals surface area contributed by atoms with E-state index in [0.717, 1.165) is 16.1 Å². The standard InChI is InChI=1S/C16H14N2O2S/c1-2-14(13(9-17)16(19)20)18-12-8-15(21-10-12)11-6-4-3-5-7-11/h3-8,10,18H,2H2,1H3,(H,19,20). The Balaban J connectivity index is 2.27. The summed E-state index contributed by atoms with van der Waals surface area (Å²) in [5, 5.41) is 22.9. The fraction of sp³-hybridized carbons (Fsp3) is 0.125. The van der Waals surface area contributed by atoms with Crippen molar-refractivity contribution < 1.29 is 9.90 Å². The highest BCUT2D eigenvalue weighted by atomic mass is 32.1. The van der Waals surface area contributed by atoms with E-state index < -0.39 is 5.97 Å². The van der Waals surface area contributed by atoms with Gasteiger partial charge in [0.15, 0.2) is 5.57 Å². The van der Waals surface area contributed by atoms with Gasteiger partial charge in [0.25, 0.3) is 0 Å². The molecule has 21 heavy (non-hydrogen) atoms. The molecule has 1 aromatic heterocycles. The third-order valence-corrected chi connectivity index (χ3v) is 3.91. The highest BCUT2D eigenvalue weighted by Gasteiger charge is 2.13. The van der Waals surface area contributed by atoms with E-state index in [1.165, 1.54) is 0 Å². The quantitative estimate of drug-likeness (QED) is 0.644. The molecule has 0 spiro atoms. The van der Waals surface area contributed by atoms with Crippen LogP contribution in [0.4, 0.5) is 5.69 Å². The van der Waals surface area contributed by atoms with E-state index in [9.17, 15) is 4.79 Å². The molecule has 2 rings (SSSR count). The third-order valence-electron chi connectivity index (χ3n) is 2.93. The van der Waals surface area contributed by atoms with E-state index in [1.54, 1.807) is 17.4 Å². The maximum Gasteiger partial charge on any atom is 0.348 e. The monoisotopic (exact) mass is 298 g/mol. The van der Waals surface area contributed by atoms with Crippen LogP contribution in [0.15, 0.2) is 53.0 Å². The number of carbonyl (C=O) groups is 1. The molecule has 0 saturated carbocycles. The predicted octanol–water partition coefficient (Wildman–Crippen LogP) is 4.10. The maximum atomic E-state index is 11.0. The number of nitrogens with one attached hydrogen (secondary N) is 1. The second-order valence-corrected chi connectivity index (χ2v) is 5.23. The molecule has 0 unspecified atom stereocenters. The minimum absolute atomic E-state index is 0.245. The number of hydrogen-bond acceptors (Lipinski definition) is 4. The third kappa shape index (κ3) is 3.50. The molecule has 0 aliphatic rings. The summed E-state index contributed by atoms with van der Waals surface area (Å²) in [5.74, 6) is -1.21. The topological polar surface area (TPSA) is 73.1 Å². The average molecular weight is 298 g/mol. The second kappa shape index (κ2) is 6.73. The summed E-state index contributed by atoms with van der Waals surface area (Å²) in [7, 11) is 0. The molecule has 0 fully saturated rings. The van der Waals surface area contributed by atoms with Crippen LogP contribution in [-0.4, -0.2) is 11.1 Å². The van der Waals surface area contributed by atoms with Crippen LogP contribution in [0.3, 0.4) is 0 Å². The Morgan fingerprint density at radius 3 is 2.67 bits per heavy atom. The van der Waals surface area contributed by atoms with Crippen LogP contribution in [0.1, 0.15) is 13.3 Å². The Hall–Kier alpha value is -2.58. The summed E-state index contributed by atoms with van der Waals surface area (Å²) in [4.78, 5) is 12.1. The van der Waals surface area contributed by atoms with Gasteiger partial charge < -0.3 is 10.4 Å². The predicted molar refractivity (Wildman–Crippen MR) is 83.9 cm³/mol. The van der Waals surface area contributed by atoms with Gasteiger partial charge in [-0.1, -0.05) is 37.3 Å². The number of allylic oxidation sites excluding steroid dienone is 1. The van der Waals surface area contributed by atoms with Gasteiger partial charge in [0, 0.05) is 21.6 Å². The van der Waals surface area contributed by atoms with Crippen LogP contribution in [0, 0.1) is 11.3 Å². The van der Waals surface area contributed by atoms with E-state index >= 15 is 0 Å². The lowest BCUT2D eigenvalue weighted by Gasteiger charge is -2.07. The zero-order valence-corrected chi connectivity index (χ0v) is 12.3. The molecule has 5 heteroatoms. The van der Waals surface area contributed by atoms with Crippen LogP contribution < -0.4 is 5.32 Å². The molecule has 0 atom stereocenters. The van der Waals surface area contributed by atoms with Crippen LogP contribution >= 0.6 is 11.3 Å². The molecule has 1 heterocycles. The zero-order valence-electron chi connectivity index (χ0n) is 11.5. The SMILES string of the molecule is CCC(Nc1csc(-c2ccccc2)c1)=C(C#N)C(=O)O. The highest BCUT2D eigenvalue weighted by Crippen LogP contribution is 2.30. The van der Waals surface area contributed by atoms with Gasteiger partial charge in [-0.2, -0.15) is 5.26 Å². The first-order chi connectivity index (χ1) is 10.2. The summed E-state index contributed by atoms with van der Waals surface area (Å²) < 4.78 is 0. The lowest BCUT2D eigenvalue weighted by atomic mass is 10.1. The maximum absolute atomic E-state index is 11.0. The van der Waals surface area contributed by atoms with E-state index in [0.29, 0.717) is 12.1 Å². The van der Waals surface area contributed by atoms with Crippen LogP contribution in [0.25, 0.3) is 10.4 Å². The Labute approximate surface area is 127 Å². The first kappa shape index (κ1) is 14.8. The minimum atomic E-state index is -1.21. The average Bonchev–Trinajstić information content (AvgIpc) is 2.96. The summed E-state index contributed by atoms with van der Waals surface area (Å²) in [6.45, 7) is 1.81. The second-order valence-electron chi connectivity index (χ2n) is 4.31.